The van der Waals surface area contributed by atoms with Crippen molar-refractivity contribution in [1.29, 1.82) is 0 Å². The van der Waals surface area contributed by atoms with Crippen LogP contribution >= 0.6 is 0 Å². The molecule has 4 unspecified atom stereocenters. The summed E-state index contributed by atoms with van der Waals surface area (Å²) in [7, 11) is 1.51. The van der Waals surface area contributed by atoms with Crippen molar-refractivity contribution in [3.63, 3.8) is 0 Å². The van der Waals surface area contributed by atoms with Gasteiger partial charge in [0.15, 0.2) is 18.1 Å². The van der Waals surface area contributed by atoms with Crippen LogP contribution in [0.25, 0.3) is 0 Å². The molecule has 2 aliphatic rings. The summed E-state index contributed by atoms with van der Waals surface area (Å²) in [5.74, 6) is 3.05. The van der Waals surface area contributed by atoms with Crippen LogP contribution in [-0.4, -0.2) is 32.0 Å². The minimum absolute atomic E-state index is 0.0536. The predicted molar refractivity (Wildman–Crippen MR) is 90.4 cm³/mol. The Kier molecular flexibility index (Phi) is 5.07. The van der Waals surface area contributed by atoms with E-state index in [9.17, 15) is 9.59 Å². The molecule has 0 aliphatic heterocycles. The molecule has 0 saturated heterocycles. The van der Waals surface area contributed by atoms with E-state index in [1.54, 1.807) is 18.2 Å². The standard InChI is InChI=1S/C19H25NO4/c1-12(16-8-13-3-5-15(16)7-13)20-19(22)11-24-17-6-4-14(10-21)9-18(17)23-2/h4,6,9-10,12-13,15-16H,3,5,7-8,11H2,1-2H3,(H,20,22). The number of carbonyl (C=O) groups excluding carboxylic acids is 2. The molecule has 0 radical (unpaired) electrons. The van der Waals surface area contributed by atoms with E-state index in [0.29, 0.717) is 23.0 Å². The molecule has 2 fully saturated rings. The number of methoxy groups -OCH3 is 1. The number of nitrogens with one attached hydrogen (secondary N) is 1. The number of aldehydes is 1. The molecule has 2 saturated carbocycles. The highest BCUT2D eigenvalue weighted by Gasteiger charge is 2.42. The number of fused-ring (bicyclic) bond motifs is 2. The lowest BCUT2D eigenvalue weighted by molar-refractivity contribution is -0.124. The highest BCUT2D eigenvalue weighted by atomic mass is 16.5. The van der Waals surface area contributed by atoms with E-state index in [0.717, 1.165) is 18.1 Å². The van der Waals surface area contributed by atoms with Crippen molar-refractivity contribution < 1.29 is 19.1 Å². The van der Waals surface area contributed by atoms with Crippen molar-refractivity contribution in [2.45, 2.75) is 38.6 Å². The molecule has 24 heavy (non-hydrogen) atoms. The molecule has 2 bridgehead atoms. The summed E-state index contributed by atoms with van der Waals surface area (Å²) < 4.78 is 10.8. The largest absolute Gasteiger partial charge is 0.493 e. The minimum atomic E-state index is -0.119. The Morgan fingerprint density at radius 2 is 2.17 bits per heavy atom. The average Bonchev–Trinajstić information content (AvgIpc) is 3.23. The molecule has 0 heterocycles. The van der Waals surface area contributed by atoms with Crippen LogP contribution in [0.3, 0.4) is 0 Å². The van der Waals surface area contributed by atoms with Gasteiger partial charge in [-0.2, -0.15) is 0 Å². The molecule has 5 nitrogen and oxygen atoms in total. The molecular weight excluding hydrogens is 306 g/mol. The fourth-order valence-corrected chi connectivity index (χ4v) is 4.33. The third-order valence-electron chi connectivity index (χ3n) is 5.51. The lowest BCUT2D eigenvalue weighted by atomic mass is 9.84. The lowest BCUT2D eigenvalue weighted by Gasteiger charge is -2.28. The number of amides is 1. The van der Waals surface area contributed by atoms with Gasteiger partial charge < -0.3 is 14.8 Å². The summed E-state index contributed by atoms with van der Waals surface area (Å²) in [6.45, 7) is 2.05. The van der Waals surface area contributed by atoms with Crippen molar-refractivity contribution in [3.8, 4) is 11.5 Å². The third-order valence-corrected chi connectivity index (χ3v) is 5.51. The number of ether oxygens (including phenoxy) is 2. The number of carbonyl (C=O) groups is 2. The van der Waals surface area contributed by atoms with E-state index >= 15 is 0 Å². The highest BCUT2D eigenvalue weighted by Crippen LogP contribution is 2.49. The maximum atomic E-state index is 12.2. The van der Waals surface area contributed by atoms with Gasteiger partial charge in [-0.3, -0.25) is 9.59 Å². The number of hydrogen-bond donors (Lipinski definition) is 1. The zero-order valence-corrected chi connectivity index (χ0v) is 14.3. The first-order chi connectivity index (χ1) is 11.6. The third kappa shape index (κ3) is 3.55. The van der Waals surface area contributed by atoms with E-state index in [-0.39, 0.29) is 18.6 Å². The van der Waals surface area contributed by atoms with Crippen molar-refractivity contribution in [3.05, 3.63) is 23.8 Å². The molecule has 1 aromatic carbocycles. The minimum Gasteiger partial charge on any atom is -0.493 e. The fraction of sp³-hybridized carbons (Fsp3) is 0.579. The van der Waals surface area contributed by atoms with Crippen LogP contribution in [0.5, 0.6) is 11.5 Å². The fourth-order valence-electron chi connectivity index (χ4n) is 4.33. The van der Waals surface area contributed by atoms with Crippen LogP contribution in [0, 0.1) is 17.8 Å². The quantitative estimate of drug-likeness (QED) is 0.780. The summed E-state index contributed by atoms with van der Waals surface area (Å²) in [5.41, 5.74) is 0.508. The highest BCUT2D eigenvalue weighted by molar-refractivity contribution is 5.78. The summed E-state index contributed by atoms with van der Waals surface area (Å²) >= 11 is 0. The van der Waals surface area contributed by atoms with Crippen LogP contribution in [0.15, 0.2) is 18.2 Å². The Hall–Kier alpha value is -2.04. The maximum absolute atomic E-state index is 12.2. The molecule has 1 amide bonds. The van der Waals surface area contributed by atoms with Gasteiger partial charge in [-0.1, -0.05) is 6.42 Å². The van der Waals surface area contributed by atoms with Crippen LogP contribution in [0.4, 0.5) is 0 Å². The van der Waals surface area contributed by atoms with Gasteiger partial charge in [0.25, 0.3) is 5.91 Å². The van der Waals surface area contributed by atoms with Gasteiger partial charge in [0, 0.05) is 11.6 Å². The molecular formula is C19H25NO4. The molecule has 5 heteroatoms. The molecule has 0 aromatic heterocycles. The second-order valence-corrected chi connectivity index (χ2v) is 7.01. The van der Waals surface area contributed by atoms with Crippen molar-refractivity contribution >= 4 is 12.2 Å². The SMILES string of the molecule is COc1cc(C=O)ccc1OCC(=O)NC(C)C1CC2CCC1C2. The zero-order chi connectivity index (χ0) is 17.1. The van der Waals surface area contributed by atoms with Crippen LogP contribution in [0.1, 0.15) is 43.0 Å². The molecule has 130 valence electrons. The number of rotatable bonds is 7. The molecule has 4 atom stereocenters. The Bertz CT molecular complexity index is 615. The van der Waals surface area contributed by atoms with Gasteiger partial charge in [0.05, 0.1) is 7.11 Å². The van der Waals surface area contributed by atoms with E-state index < -0.39 is 0 Å². The zero-order valence-electron chi connectivity index (χ0n) is 14.3. The second kappa shape index (κ2) is 7.24. The van der Waals surface area contributed by atoms with E-state index in [2.05, 4.69) is 12.2 Å². The summed E-state index contributed by atoms with van der Waals surface area (Å²) in [5, 5.41) is 3.08. The lowest BCUT2D eigenvalue weighted by Crippen LogP contribution is -2.42. The Morgan fingerprint density at radius 3 is 2.79 bits per heavy atom. The number of benzene rings is 1. The number of hydrogen-bond acceptors (Lipinski definition) is 4. The van der Waals surface area contributed by atoms with Gasteiger partial charge in [-0.05, 0) is 62.1 Å². The van der Waals surface area contributed by atoms with E-state index in [4.69, 9.17) is 9.47 Å². The van der Waals surface area contributed by atoms with Crippen LogP contribution in [-0.2, 0) is 4.79 Å². The smallest absolute Gasteiger partial charge is 0.258 e. The van der Waals surface area contributed by atoms with Crippen molar-refractivity contribution in [1.82, 2.24) is 5.32 Å². The Labute approximate surface area is 142 Å². The normalized spacial score (nSPS) is 26.0. The van der Waals surface area contributed by atoms with E-state index in [1.165, 1.54) is 32.8 Å². The molecule has 1 aromatic rings. The topological polar surface area (TPSA) is 64.6 Å². The van der Waals surface area contributed by atoms with Gasteiger partial charge in [-0.15, -0.1) is 0 Å². The van der Waals surface area contributed by atoms with Crippen LogP contribution < -0.4 is 14.8 Å². The maximum Gasteiger partial charge on any atom is 0.258 e. The van der Waals surface area contributed by atoms with Crippen molar-refractivity contribution in [2.24, 2.45) is 17.8 Å². The van der Waals surface area contributed by atoms with Gasteiger partial charge >= 0.3 is 0 Å². The van der Waals surface area contributed by atoms with Crippen molar-refractivity contribution in [2.75, 3.05) is 13.7 Å². The Balaban J connectivity index is 1.51. The van der Waals surface area contributed by atoms with Crippen LogP contribution in [0.2, 0.25) is 0 Å². The van der Waals surface area contributed by atoms with Gasteiger partial charge in [0.1, 0.15) is 6.29 Å². The second-order valence-electron chi connectivity index (χ2n) is 7.01. The predicted octanol–water partition coefficient (Wildman–Crippen LogP) is 2.83. The first-order valence-corrected chi connectivity index (χ1v) is 8.66. The summed E-state index contributed by atoms with van der Waals surface area (Å²) in [4.78, 5) is 23.0. The Morgan fingerprint density at radius 1 is 1.33 bits per heavy atom. The summed E-state index contributed by atoms with van der Waals surface area (Å²) in [6, 6.07) is 5.07. The first kappa shape index (κ1) is 16.8. The van der Waals surface area contributed by atoms with E-state index in [1.807, 2.05) is 0 Å². The first-order valence-electron chi connectivity index (χ1n) is 8.66. The van der Waals surface area contributed by atoms with Gasteiger partial charge in [-0.25, -0.2) is 0 Å². The monoisotopic (exact) mass is 331 g/mol. The molecule has 0 spiro atoms. The molecule has 3 rings (SSSR count). The summed E-state index contributed by atoms with van der Waals surface area (Å²) in [6.07, 6.45) is 6.00. The molecule has 2 aliphatic carbocycles. The molecule has 1 N–H and O–H groups in total. The average molecular weight is 331 g/mol. The van der Waals surface area contributed by atoms with Gasteiger partial charge in [0.2, 0.25) is 0 Å².